The molecule has 0 unspecified atom stereocenters. The summed E-state index contributed by atoms with van der Waals surface area (Å²) in [6, 6.07) is 17.4. The topological polar surface area (TPSA) is 227 Å². The third-order valence-corrected chi connectivity index (χ3v) is 9.06. The van der Waals surface area contributed by atoms with E-state index in [9.17, 15) is 32.3 Å². The second-order valence-corrected chi connectivity index (χ2v) is 14.7. The quantitative estimate of drug-likeness (QED) is 0.103. The number of aromatic nitrogens is 5. The minimum Gasteiger partial charge on any atom is -0.475 e. The van der Waals surface area contributed by atoms with Crippen molar-refractivity contribution in [2.24, 2.45) is 11.8 Å². The molecule has 1 atom stereocenters. The van der Waals surface area contributed by atoms with Gasteiger partial charge in [-0.3, -0.25) is 9.59 Å². The van der Waals surface area contributed by atoms with Gasteiger partial charge in [0.15, 0.2) is 0 Å². The lowest BCUT2D eigenvalue weighted by Gasteiger charge is -2.29. The van der Waals surface area contributed by atoms with E-state index in [1.807, 2.05) is 58.0 Å². The lowest BCUT2D eigenvalue weighted by molar-refractivity contribution is -0.192. The Morgan fingerprint density at radius 1 is 0.915 bits per heavy atom. The number of nitrogens with one attached hydrogen (secondary N) is 4. The van der Waals surface area contributed by atoms with Crippen molar-refractivity contribution in [1.82, 2.24) is 36.2 Å². The smallest absolute Gasteiger partial charge is 0.475 e. The van der Waals surface area contributed by atoms with Crippen molar-refractivity contribution >= 4 is 35.5 Å². The van der Waals surface area contributed by atoms with Crippen molar-refractivity contribution in [3.05, 3.63) is 77.6 Å². The molecule has 1 aliphatic carbocycles. The molecule has 0 radical (unpaired) electrons. The minimum atomic E-state index is -5.08. The third-order valence-electron chi connectivity index (χ3n) is 9.06. The van der Waals surface area contributed by atoms with Crippen LogP contribution in [0.25, 0.3) is 22.5 Å². The maximum atomic E-state index is 13.8. The molecule has 2 aromatic carbocycles. The van der Waals surface area contributed by atoms with Crippen molar-refractivity contribution in [3.63, 3.8) is 0 Å². The van der Waals surface area contributed by atoms with Crippen molar-refractivity contribution < 1.29 is 51.7 Å². The number of hydrogen-bond acceptors (Lipinski definition) is 11. The maximum Gasteiger partial charge on any atom is 0.490 e. The van der Waals surface area contributed by atoms with Gasteiger partial charge in [0.25, 0.3) is 0 Å². The summed E-state index contributed by atoms with van der Waals surface area (Å²) in [6.07, 6.45) is -2.43. The molecule has 0 aliphatic heterocycles. The van der Waals surface area contributed by atoms with E-state index < -0.39 is 35.9 Å². The van der Waals surface area contributed by atoms with Crippen molar-refractivity contribution in [2.45, 2.75) is 84.5 Å². The summed E-state index contributed by atoms with van der Waals surface area (Å²) in [7, 11) is 0. The summed E-state index contributed by atoms with van der Waals surface area (Å²) in [4.78, 5) is 64.9. The van der Waals surface area contributed by atoms with E-state index in [0.717, 1.165) is 35.1 Å². The van der Waals surface area contributed by atoms with E-state index in [1.54, 1.807) is 37.3 Å². The van der Waals surface area contributed by atoms with Crippen LogP contribution in [0.4, 0.5) is 23.7 Å². The average molecular weight is 825 g/mol. The van der Waals surface area contributed by atoms with E-state index in [2.05, 4.69) is 41.6 Å². The Balaban J connectivity index is 0.00000101. The highest BCUT2D eigenvalue weighted by atomic mass is 19.4. The van der Waals surface area contributed by atoms with Crippen LogP contribution in [0.5, 0.6) is 0 Å². The zero-order valence-electron chi connectivity index (χ0n) is 33.2. The highest BCUT2D eigenvalue weighted by Gasteiger charge is 2.38. The van der Waals surface area contributed by atoms with Crippen LogP contribution in [0.15, 0.2) is 60.7 Å². The molecular weight excluding hydrogens is 777 g/mol. The Labute approximate surface area is 338 Å². The predicted molar refractivity (Wildman–Crippen MR) is 208 cm³/mol. The molecule has 316 valence electrons. The molecule has 2 heterocycles. The number of tetrazole rings is 1. The average Bonchev–Trinajstić information content (AvgIpc) is 3.72. The van der Waals surface area contributed by atoms with Crippen LogP contribution in [0, 0.1) is 18.8 Å². The van der Waals surface area contributed by atoms with E-state index in [-0.39, 0.29) is 42.4 Å². The van der Waals surface area contributed by atoms with Gasteiger partial charge in [-0.05, 0) is 113 Å². The summed E-state index contributed by atoms with van der Waals surface area (Å²) >= 11 is 0. The molecule has 5 N–H and O–H groups in total. The van der Waals surface area contributed by atoms with Gasteiger partial charge in [-0.15, -0.1) is 10.2 Å². The van der Waals surface area contributed by atoms with Crippen molar-refractivity contribution in [3.8, 4) is 22.5 Å². The van der Waals surface area contributed by atoms with Crippen LogP contribution in [0.3, 0.4) is 0 Å². The first-order valence-corrected chi connectivity index (χ1v) is 18.8. The SMILES string of the molecule is CCOC(=O)c1ccc(-c2ccc(C[C@H](NC(=O)C3CCC(CNC(=O)OC(C)(C)C)CC3)C(=O)Nc3ccc(-c4nn[nH]n4)cc3)cc2)c(C)n1.O=C(O)C(F)(F)F. The zero-order valence-corrected chi connectivity index (χ0v) is 33.2. The summed E-state index contributed by atoms with van der Waals surface area (Å²) in [5, 5.41) is 29.9. The Kier molecular flexibility index (Phi) is 15.6. The molecule has 5 rings (SSSR count). The first kappa shape index (κ1) is 45.3. The number of halogens is 3. The van der Waals surface area contributed by atoms with Gasteiger partial charge in [0, 0.05) is 41.4 Å². The van der Waals surface area contributed by atoms with Crippen LogP contribution < -0.4 is 16.0 Å². The highest BCUT2D eigenvalue weighted by Crippen LogP contribution is 2.29. The number of H-pyrrole nitrogens is 1. The summed E-state index contributed by atoms with van der Waals surface area (Å²) in [5.74, 6) is -3.33. The van der Waals surface area contributed by atoms with Gasteiger partial charge in [0.2, 0.25) is 17.6 Å². The number of amides is 3. The van der Waals surface area contributed by atoms with Gasteiger partial charge in [-0.25, -0.2) is 19.4 Å². The number of carboxylic acids is 1. The van der Waals surface area contributed by atoms with E-state index in [1.165, 1.54) is 0 Å². The molecule has 2 aromatic heterocycles. The molecule has 4 aromatic rings. The van der Waals surface area contributed by atoms with Gasteiger partial charge >= 0.3 is 24.2 Å². The Hall–Kier alpha value is -6.40. The van der Waals surface area contributed by atoms with Gasteiger partial charge < -0.3 is 30.5 Å². The number of alkyl carbamates (subject to hydrolysis) is 1. The van der Waals surface area contributed by atoms with Gasteiger partial charge in [-0.2, -0.15) is 18.4 Å². The number of esters is 1. The van der Waals surface area contributed by atoms with Crippen LogP contribution in [0.1, 0.15) is 75.1 Å². The number of hydrogen-bond donors (Lipinski definition) is 5. The Morgan fingerprint density at radius 2 is 1.54 bits per heavy atom. The monoisotopic (exact) mass is 824 g/mol. The van der Waals surface area contributed by atoms with Crippen LogP contribution in [0.2, 0.25) is 0 Å². The number of benzene rings is 2. The molecule has 0 saturated heterocycles. The number of nitrogens with zero attached hydrogens (tertiary/aromatic N) is 4. The number of ether oxygens (including phenoxy) is 2. The number of carbonyl (C=O) groups excluding carboxylic acids is 4. The molecular formula is C40H47F3N8O8. The maximum absolute atomic E-state index is 13.8. The highest BCUT2D eigenvalue weighted by molar-refractivity contribution is 5.98. The third kappa shape index (κ3) is 14.2. The predicted octanol–water partition coefficient (Wildman–Crippen LogP) is 6.04. The van der Waals surface area contributed by atoms with Gasteiger partial charge in [0.1, 0.15) is 17.3 Å². The fourth-order valence-corrected chi connectivity index (χ4v) is 6.13. The number of carboxylic acid groups (broad SMARTS) is 1. The van der Waals surface area contributed by atoms with Crippen LogP contribution >= 0.6 is 0 Å². The lowest BCUT2D eigenvalue weighted by atomic mass is 9.81. The molecule has 0 bridgehead atoms. The standard InChI is InChI=1S/C38H46N8O6.C2HF3O2/c1-6-51-36(49)31-20-19-30(23(2)40-31)26-11-7-24(8-12-26)21-32(35(48)41-29-17-15-27(16-18-29)33-43-45-46-44-33)42-34(47)28-13-9-25(10-14-28)22-39-37(50)52-38(3,4)5;3-2(4,5)1(6)7/h7-8,11-12,15-20,25,28,32H,6,9-10,13-14,21-22H2,1-5H3,(H,39,50)(H,41,48)(H,42,47)(H,43,44,45,46);(H,6,7)/t25?,28?,32-;/m0./s1. The Bertz CT molecular complexity index is 2050. The molecule has 1 saturated carbocycles. The van der Waals surface area contributed by atoms with Gasteiger partial charge in [0.05, 0.1) is 6.61 Å². The second kappa shape index (κ2) is 20.3. The number of aromatic amines is 1. The summed E-state index contributed by atoms with van der Waals surface area (Å²) < 4.78 is 42.1. The van der Waals surface area contributed by atoms with Gasteiger partial charge in [-0.1, -0.05) is 30.3 Å². The molecule has 16 nitrogen and oxygen atoms in total. The number of aliphatic carboxylic acids is 1. The number of pyridine rings is 1. The molecule has 1 fully saturated rings. The number of aryl methyl sites for hydroxylation is 1. The minimum absolute atomic E-state index is 0.175. The zero-order chi connectivity index (χ0) is 43.3. The molecule has 19 heteroatoms. The number of carbonyl (C=O) groups is 5. The number of alkyl halides is 3. The molecule has 1 aliphatic rings. The van der Waals surface area contributed by atoms with Crippen LogP contribution in [-0.4, -0.2) is 91.5 Å². The number of rotatable bonds is 12. The molecule has 0 spiro atoms. The lowest BCUT2D eigenvalue weighted by Crippen LogP contribution is -2.48. The normalized spacial score (nSPS) is 15.7. The van der Waals surface area contributed by atoms with Crippen LogP contribution in [-0.2, 0) is 30.3 Å². The largest absolute Gasteiger partial charge is 0.490 e. The first-order valence-electron chi connectivity index (χ1n) is 18.8. The van der Waals surface area contributed by atoms with E-state index in [0.29, 0.717) is 36.6 Å². The molecule has 3 amide bonds. The van der Waals surface area contributed by atoms with E-state index >= 15 is 0 Å². The molecule has 59 heavy (non-hydrogen) atoms. The summed E-state index contributed by atoms with van der Waals surface area (Å²) in [6.45, 7) is 9.80. The Morgan fingerprint density at radius 3 is 2.08 bits per heavy atom. The second-order valence-electron chi connectivity index (χ2n) is 14.7. The fraction of sp³-hybridized carbons (Fsp3) is 0.425. The van der Waals surface area contributed by atoms with Crippen molar-refractivity contribution in [2.75, 3.05) is 18.5 Å². The fourth-order valence-electron chi connectivity index (χ4n) is 6.13. The van der Waals surface area contributed by atoms with Crippen molar-refractivity contribution in [1.29, 1.82) is 0 Å². The van der Waals surface area contributed by atoms with E-state index in [4.69, 9.17) is 19.4 Å². The number of anilines is 1. The first-order chi connectivity index (χ1) is 27.8. The summed E-state index contributed by atoms with van der Waals surface area (Å²) in [5.41, 5.74) is 4.26.